The number of carbonyl (C=O) groups is 1. The fraction of sp³-hybridized carbons (Fsp3) is 0.435. The summed E-state index contributed by atoms with van der Waals surface area (Å²) in [5.74, 6) is 0.534. The second kappa shape index (κ2) is 7.04. The molecule has 2 heterocycles. The first-order valence-electron chi connectivity index (χ1n) is 10.4. The Morgan fingerprint density at radius 3 is 2.57 bits per heavy atom. The van der Waals surface area contributed by atoms with Gasteiger partial charge in [-0.15, -0.1) is 0 Å². The highest BCUT2D eigenvalue weighted by molar-refractivity contribution is 6.09. The normalized spacial score (nSPS) is 17.3. The Hall–Kier alpha value is -2.69. The molecule has 2 aliphatic carbocycles. The molecule has 0 spiro atoms. The van der Waals surface area contributed by atoms with Gasteiger partial charge in [-0.2, -0.15) is 0 Å². The van der Waals surface area contributed by atoms with Crippen LogP contribution in [0.15, 0.2) is 40.9 Å². The highest BCUT2D eigenvalue weighted by Crippen LogP contribution is 2.41. The Morgan fingerprint density at radius 2 is 1.89 bits per heavy atom. The van der Waals surface area contributed by atoms with Crippen molar-refractivity contribution in [3.8, 4) is 11.3 Å². The monoisotopic (exact) mass is 375 g/mol. The molecule has 2 fully saturated rings. The van der Waals surface area contributed by atoms with Gasteiger partial charge in [-0.1, -0.05) is 48.3 Å². The molecule has 28 heavy (non-hydrogen) atoms. The summed E-state index contributed by atoms with van der Waals surface area (Å²) in [5, 5.41) is 5.05. The van der Waals surface area contributed by atoms with E-state index < -0.39 is 0 Å². The number of hydrogen-bond acceptors (Lipinski definition) is 4. The molecule has 2 aromatic heterocycles. The van der Waals surface area contributed by atoms with E-state index in [1.807, 2.05) is 41.3 Å². The van der Waals surface area contributed by atoms with E-state index in [1.54, 1.807) is 0 Å². The molecule has 5 heteroatoms. The van der Waals surface area contributed by atoms with E-state index in [9.17, 15) is 4.79 Å². The second-order valence-electron chi connectivity index (χ2n) is 7.98. The molecule has 0 unspecified atom stereocenters. The minimum absolute atomic E-state index is 0.0871. The fourth-order valence-corrected chi connectivity index (χ4v) is 4.46. The number of amides is 1. The molecule has 3 aromatic rings. The highest BCUT2D eigenvalue weighted by atomic mass is 16.5. The van der Waals surface area contributed by atoms with Gasteiger partial charge in [0.25, 0.3) is 11.6 Å². The van der Waals surface area contributed by atoms with Gasteiger partial charge in [-0.25, -0.2) is 4.98 Å². The van der Waals surface area contributed by atoms with E-state index in [4.69, 9.17) is 9.51 Å². The molecular weight excluding hydrogens is 350 g/mol. The van der Waals surface area contributed by atoms with Gasteiger partial charge in [0, 0.05) is 29.8 Å². The number of hydrogen-bond donors (Lipinski definition) is 0. The second-order valence-corrected chi connectivity index (χ2v) is 7.98. The lowest BCUT2D eigenvalue weighted by molar-refractivity contribution is 0.0695. The number of carbonyl (C=O) groups excluding carboxylic acids is 1. The Balaban J connectivity index is 1.66. The molecule has 5 nitrogen and oxygen atoms in total. The fourth-order valence-electron chi connectivity index (χ4n) is 4.46. The summed E-state index contributed by atoms with van der Waals surface area (Å²) in [6.07, 6.45) is 6.86. The van der Waals surface area contributed by atoms with Gasteiger partial charge in [0.15, 0.2) is 0 Å². The van der Waals surface area contributed by atoms with Crippen molar-refractivity contribution in [1.82, 2.24) is 15.0 Å². The Kier molecular flexibility index (Phi) is 4.38. The van der Waals surface area contributed by atoms with Gasteiger partial charge in [-0.3, -0.25) is 4.79 Å². The molecule has 0 aliphatic heterocycles. The van der Waals surface area contributed by atoms with Crippen LogP contribution in [0.5, 0.6) is 0 Å². The van der Waals surface area contributed by atoms with Gasteiger partial charge in [0.2, 0.25) is 0 Å². The molecule has 0 N–H and O–H groups in total. The lowest BCUT2D eigenvalue weighted by Crippen LogP contribution is -2.38. The van der Waals surface area contributed by atoms with Crippen molar-refractivity contribution >= 4 is 17.0 Å². The van der Waals surface area contributed by atoms with Crippen molar-refractivity contribution in [2.45, 2.75) is 57.4 Å². The van der Waals surface area contributed by atoms with Gasteiger partial charge in [0.1, 0.15) is 5.69 Å². The number of aromatic nitrogens is 2. The lowest BCUT2D eigenvalue weighted by Gasteiger charge is -2.28. The minimum atomic E-state index is 0.0871. The van der Waals surface area contributed by atoms with Crippen LogP contribution in [0, 0.1) is 0 Å². The topological polar surface area (TPSA) is 59.2 Å². The smallest absolute Gasteiger partial charge is 0.259 e. The van der Waals surface area contributed by atoms with Crippen molar-refractivity contribution in [3.05, 3.63) is 47.7 Å². The summed E-state index contributed by atoms with van der Waals surface area (Å²) >= 11 is 0. The maximum Gasteiger partial charge on any atom is 0.259 e. The number of rotatable bonds is 5. The van der Waals surface area contributed by atoms with Crippen LogP contribution in [0.1, 0.15) is 67.4 Å². The third-order valence-corrected chi connectivity index (χ3v) is 6.11. The Labute approximate surface area is 164 Å². The third-order valence-electron chi connectivity index (χ3n) is 6.11. The quantitative estimate of drug-likeness (QED) is 0.617. The maximum atomic E-state index is 13.7. The first-order valence-corrected chi connectivity index (χ1v) is 10.4. The van der Waals surface area contributed by atoms with Crippen LogP contribution in [0.25, 0.3) is 22.4 Å². The first-order chi connectivity index (χ1) is 13.8. The minimum Gasteiger partial charge on any atom is -0.336 e. The zero-order valence-corrected chi connectivity index (χ0v) is 16.2. The van der Waals surface area contributed by atoms with E-state index in [0.717, 1.165) is 48.9 Å². The molecule has 1 amide bonds. The number of benzene rings is 1. The van der Waals surface area contributed by atoms with Crippen molar-refractivity contribution in [3.63, 3.8) is 0 Å². The molecule has 0 saturated heterocycles. The molecule has 0 radical (unpaired) electrons. The van der Waals surface area contributed by atoms with Gasteiger partial charge < -0.3 is 9.42 Å². The summed E-state index contributed by atoms with van der Waals surface area (Å²) < 4.78 is 5.62. The Bertz CT molecular complexity index is 1000. The molecule has 2 saturated carbocycles. The standard InChI is InChI=1S/C23H25N3O2/c1-2-26(17-10-6-7-11-17)23(27)18-14-19(15-12-13-15)24-22-20(18)21(25-28-22)16-8-4-3-5-9-16/h3-5,8-9,14-15,17H,2,6-7,10-13H2,1H3. The molecule has 144 valence electrons. The van der Waals surface area contributed by atoms with E-state index in [1.165, 1.54) is 12.8 Å². The molecule has 0 atom stereocenters. The lowest BCUT2D eigenvalue weighted by atomic mass is 10.0. The van der Waals surface area contributed by atoms with E-state index in [2.05, 4.69) is 12.1 Å². The van der Waals surface area contributed by atoms with E-state index in [-0.39, 0.29) is 5.91 Å². The number of nitrogens with zero attached hydrogens (tertiary/aromatic N) is 3. The number of pyridine rings is 1. The third kappa shape index (κ3) is 2.99. The van der Waals surface area contributed by atoms with Gasteiger partial charge in [0.05, 0.1) is 10.9 Å². The van der Waals surface area contributed by atoms with Crippen LogP contribution in [0.4, 0.5) is 0 Å². The van der Waals surface area contributed by atoms with Crippen LogP contribution >= 0.6 is 0 Å². The number of fused-ring (bicyclic) bond motifs is 1. The van der Waals surface area contributed by atoms with Gasteiger partial charge in [-0.05, 0) is 38.7 Å². The predicted molar refractivity (Wildman–Crippen MR) is 108 cm³/mol. The van der Waals surface area contributed by atoms with Crippen LogP contribution in [0.2, 0.25) is 0 Å². The largest absolute Gasteiger partial charge is 0.336 e. The molecule has 0 bridgehead atoms. The zero-order chi connectivity index (χ0) is 19.1. The Morgan fingerprint density at radius 1 is 1.14 bits per heavy atom. The predicted octanol–water partition coefficient (Wildman–Crippen LogP) is 5.17. The van der Waals surface area contributed by atoms with Crippen molar-refractivity contribution in [2.24, 2.45) is 0 Å². The average molecular weight is 375 g/mol. The average Bonchev–Trinajstić information content (AvgIpc) is 3.27. The van der Waals surface area contributed by atoms with Crippen molar-refractivity contribution < 1.29 is 9.32 Å². The van der Waals surface area contributed by atoms with E-state index in [0.29, 0.717) is 28.9 Å². The van der Waals surface area contributed by atoms with Gasteiger partial charge >= 0.3 is 0 Å². The molecular formula is C23H25N3O2. The SMILES string of the molecule is CCN(C(=O)c1cc(C2CC2)nc2onc(-c3ccccc3)c12)C1CCCC1. The van der Waals surface area contributed by atoms with E-state index >= 15 is 0 Å². The molecule has 2 aliphatic rings. The summed E-state index contributed by atoms with van der Waals surface area (Å²) in [4.78, 5) is 20.4. The molecule has 5 rings (SSSR count). The highest BCUT2D eigenvalue weighted by Gasteiger charge is 2.32. The summed E-state index contributed by atoms with van der Waals surface area (Å²) in [6, 6.07) is 12.2. The summed E-state index contributed by atoms with van der Waals surface area (Å²) in [6.45, 7) is 2.79. The van der Waals surface area contributed by atoms with Crippen molar-refractivity contribution in [1.29, 1.82) is 0 Å². The molecule has 1 aromatic carbocycles. The van der Waals surface area contributed by atoms with Crippen LogP contribution in [-0.2, 0) is 0 Å². The van der Waals surface area contributed by atoms with Crippen LogP contribution < -0.4 is 0 Å². The first kappa shape index (κ1) is 17.4. The zero-order valence-electron chi connectivity index (χ0n) is 16.2. The summed E-state index contributed by atoms with van der Waals surface area (Å²) in [5.41, 5.74) is 3.79. The van der Waals surface area contributed by atoms with Crippen LogP contribution in [-0.4, -0.2) is 33.5 Å². The summed E-state index contributed by atoms with van der Waals surface area (Å²) in [7, 11) is 0. The maximum absolute atomic E-state index is 13.7. The van der Waals surface area contributed by atoms with Crippen LogP contribution in [0.3, 0.4) is 0 Å². The van der Waals surface area contributed by atoms with Crippen molar-refractivity contribution in [2.75, 3.05) is 6.54 Å².